The highest BCUT2D eigenvalue weighted by molar-refractivity contribution is 5.76. The molecule has 5 nitrogen and oxygen atoms in total. The number of alkyl halides is 3. The van der Waals surface area contributed by atoms with Crippen molar-refractivity contribution in [1.29, 1.82) is 0 Å². The third kappa shape index (κ3) is 2.52. The first-order valence-corrected chi connectivity index (χ1v) is 6.60. The smallest absolute Gasteiger partial charge is 0.406 e. The molecule has 21 heavy (non-hydrogen) atoms. The number of rotatable bonds is 3. The minimum Gasteiger partial charge on any atom is -0.481 e. The molecule has 0 saturated carbocycles. The second-order valence-corrected chi connectivity index (χ2v) is 5.62. The van der Waals surface area contributed by atoms with Crippen molar-refractivity contribution in [2.45, 2.75) is 33.0 Å². The van der Waals surface area contributed by atoms with Crippen molar-refractivity contribution in [2.75, 3.05) is 13.1 Å². The number of carbonyl (C=O) groups is 1. The average molecular weight is 305 g/mol. The second kappa shape index (κ2) is 5.01. The average Bonchev–Trinajstić information content (AvgIpc) is 2.88. The van der Waals surface area contributed by atoms with Crippen LogP contribution in [-0.4, -0.2) is 45.0 Å². The number of aliphatic carboxylic acids is 1. The Balaban J connectivity index is 2.21. The number of hydrogen-bond donors (Lipinski definition) is 1. The molecular weight excluding hydrogens is 287 g/mol. The summed E-state index contributed by atoms with van der Waals surface area (Å²) in [5.41, 5.74) is -0.153. The molecule has 2 heterocycles. The zero-order chi connectivity index (χ0) is 16.0. The van der Waals surface area contributed by atoms with Crippen LogP contribution in [0.4, 0.5) is 13.2 Å². The van der Waals surface area contributed by atoms with E-state index in [4.69, 9.17) is 5.11 Å². The van der Waals surface area contributed by atoms with E-state index in [2.05, 4.69) is 5.10 Å². The van der Waals surface area contributed by atoms with Gasteiger partial charge in [-0.15, -0.1) is 0 Å². The normalized spacial score (nSPS) is 23.7. The Morgan fingerprint density at radius 1 is 1.43 bits per heavy atom. The topological polar surface area (TPSA) is 58.4 Å². The SMILES string of the molecule is Cc1nn(C)c(C)c1CN1CCC(C(=O)O)(C(F)(F)F)C1. The van der Waals surface area contributed by atoms with Gasteiger partial charge in [0.1, 0.15) is 0 Å². The van der Waals surface area contributed by atoms with Crippen molar-refractivity contribution < 1.29 is 23.1 Å². The van der Waals surface area contributed by atoms with Crippen LogP contribution in [0, 0.1) is 19.3 Å². The number of nitrogens with zero attached hydrogens (tertiary/aromatic N) is 3. The van der Waals surface area contributed by atoms with Crippen LogP contribution in [0.2, 0.25) is 0 Å². The van der Waals surface area contributed by atoms with Gasteiger partial charge in [-0.3, -0.25) is 14.4 Å². The fourth-order valence-corrected chi connectivity index (χ4v) is 2.82. The van der Waals surface area contributed by atoms with Gasteiger partial charge in [0, 0.05) is 37.9 Å². The van der Waals surface area contributed by atoms with E-state index in [0.717, 1.165) is 17.0 Å². The third-order valence-corrected chi connectivity index (χ3v) is 4.34. The highest BCUT2D eigenvalue weighted by Gasteiger charge is 2.63. The maximum absolute atomic E-state index is 13.1. The van der Waals surface area contributed by atoms with Gasteiger partial charge < -0.3 is 5.11 Å². The van der Waals surface area contributed by atoms with Crippen LogP contribution in [0.5, 0.6) is 0 Å². The molecule has 0 aromatic carbocycles. The fraction of sp³-hybridized carbons (Fsp3) is 0.692. The first kappa shape index (κ1) is 15.8. The molecule has 1 aliphatic heterocycles. The van der Waals surface area contributed by atoms with Crippen molar-refractivity contribution in [3.05, 3.63) is 17.0 Å². The van der Waals surface area contributed by atoms with Gasteiger partial charge in [-0.2, -0.15) is 18.3 Å². The van der Waals surface area contributed by atoms with Gasteiger partial charge in [0.15, 0.2) is 5.41 Å². The summed E-state index contributed by atoms with van der Waals surface area (Å²) in [5.74, 6) is -1.79. The third-order valence-electron chi connectivity index (χ3n) is 4.34. The standard InChI is InChI=1S/C13H18F3N3O2/c1-8-10(9(2)18(3)17-8)6-19-5-4-12(7-19,11(20)21)13(14,15)16/h4-7H2,1-3H3,(H,20,21). The maximum Gasteiger partial charge on any atom is 0.406 e. The predicted molar refractivity (Wildman–Crippen MR) is 68.7 cm³/mol. The molecule has 118 valence electrons. The van der Waals surface area contributed by atoms with E-state index in [1.54, 1.807) is 23.6 Å². The Labute approximate surface area is 120 Å². The minimum atomic E-state index is -4.74. The van der Waals surface area contributed by atoms with E-state index in [1.165, 1.54) is 0 Å². The minimum absolute atomic E-state index is 0.111. The summed E-state index contributed by atoms with van der Waals surface area (Å²) in [6.45, 7) is 3.53. The van der Waals surface area contributed by atoms with E-state index in [9.17, 15) is 18.0 Å². The van der Waals surface area contributed by atoms with Gasteiger partial charge >= 0.3 is 12.1 Å². The molecule has 1 unspecified atom stereocenters. The Morgan fingerprint density at radius 2 is 2.05 bits per heavy atom. The molecule has 0 aliphatic carbocycles. The lowest BCUT2D eigenvalue weighted by molar-refractivity contribution is -0.227. The number of halogens is 3. The summed E-state index contributed by atoms with van der Waals surface area (Å²) in [6.07, 6.45) is -5.16. The molecule has 8 heteroatoms. The molecular formula is C13H18F3N3O2. The molecule has 0 spiro atoms. The van der Waals surface area contributed by atoms with Crippen molar-refractivity contribution in [3.8, 4) is 0 Å². The van der Waals surface area contributed by atoms with Gasteiger partial charge in [0.25, 0.3) is 0 Å². The van der Waals surface area contributed by atoms with Crippen LogP contribution < -0.4 is 0 Å². The van der Waals surface area contributed by atoms with Crippen LogP contribution in [0.3, 0.4) is 0 Å². The van der Waals surface area contributed by atoms with Crippen molar-refractivity contribution in [1.82, 2.24) is 14.7 Å². The van der Waals surface area contributed by atoms with Crippen LogP contribution in [-0.2, 0) is 18.4 Å². The summed E-state index contributed by atoms with van der Waals surface area (Å²) >= 11 is 0. The second-order valence-electron chi connectivity index (χ2n) is 5.62. The molecule has 0 amide bonds. The number of carboxylic acid groups (broad SMARTS) is 1. The zero-order valence-electron chi connectivity index (χ0n) is 12.2. The van der Waals surface area contributed by atoms with Gasteiger partial charge in [0.2, 0.25) is 0 Å². The lowest BCUT2D eigenvalue weighted by Gasteiger charge is -2.27. The van der Waals surface area contributed by atoms with E-state index in [0.29, 0.717) is 0 Å². The molecule has 1 N–H and O–H groups in total. The lowest BCUT2D eigenvalue weighted by atomic mass is 9.86. The zero-order valence-corrected chi connectivity index (χ0v) is 12.2. The molecule has 1 saturated heterocycles. The molecule has 1 aliphatic rings. The Kier molecular flexibility index (Phi) is 3.77. The molecule has 1 atom stereocenters. The summed E-state index contributed by atoms with van der Waals surface area (Å²) in [5, 5.41) is 13.3. The monoisotopic (exact) mass is 305 g/mol. The van der Waals surface area contributed by atoms with E-state index >= 15 is 0 Å². The highest BCUT2D eigenvalue weighted by atomic mass is 19.4. The molecule has 1 aromatic rings. The lowest BCUT2D eigenvalue weighted by Crippen LogP contribution is -2.47. The number of hydrogen-bond acceptors (Lipinski definition) is 3. The Morgan fingerprint density at radius 3 is 2.43 bits per heavy atom. The molecule has 1 aromatic heterocycles. The quantitative estimate of drug-likeness (QED) is 0.926. The Hall–Kier alpha value is -1.57. The Bertz CT molecular complexity index is 568. The van der Waals surface area contributed by atoms with Crippen molar-refractivity contribution in [3.63, 3.8) is 0 Å². The van der Waals surface area contributed by atoms with Gasteiger partial charge in [-0.25, -0.2) is 0 Å². The molecule has 2 rings (SSSR count). The highest BCUT2D eigenvalue weighted by Crippen LogP contribution is 2.46. The summed E-state index contributed by atoms with van der Waals surface area (Å²) in [7, 11) is 1.77. The van der Waals surface area contributed by atoms with Gasteiger partial charge in [0.05, 0.1) is 5.69 Å². The molecule has 1 fully saturated rings. The van der Waals surface area contributed by atoms with Crippen LogP contribution in [0.1, 0.15) is 23.4 Å². The largest absolute Gasteiger partial charge is 0.481 e. The number of carboxylic acids is 1. The van der Waals surface area contributed by atoms with Crippen molar-refractivity contribution >= 4 is 5.97 Å². The number of aryl methyl sites for hydroxylation is 2. The van der Waals surface area contributed by atoms with E-state index < -0.39 is 30.5 Å². The summed E-state index contributed by atoms with van der Waals surface area (Å²) < 4.78 is 41.0. The van der Waals surface area contributed by atoms with E-state index in [1.807, 2.05) is 6.92 Å². The van der Waals surface area contributed by atoms with Gasteiger partial charge in [-0.05, 0) is 20.3 Å². The predicted octanol–water partition coefficient (Wildman–Crippen LogP) is 1.88. The van der Waals surface area contributed by atoms with Crippen LogP contribution in [0.25, 0.3) is 0 Å². The number of likely N-dealkylation sites (tertiary alicyclic amines) is 1. The van der Waals surface area contributed by atoms with Crippen molar-refractivity contribution in [2.24, 2.45) is 12.5 Å². The molecule has 0 radical (unpaired) electrons. The van der Waals surface area contributed by atoms with Crippen LogP contribution >= 0.6 is 0 Å². The van der Waals surface area contributed by atoms with E-state index in [-0.39, 0.29) is 13.1 Å². The van der Waals surface area contributed by atoms with Gasteiger partial charge in [-0.1, -0.05) is 0 Å². The summed E-state index contributed by atoms with van der Waals surface area (Å²) in [6, 6.07) is 0. The summed E-state index contributed by atoms with van der Waals surface area (Å²) in [4.78, 5) is 12.7. The number of aromatic nitrogens is 2. The first-order valence-electron chi connectivity index (χ1n) is 6.60. The first-order chi connectivity index (χ1) is 9.58. The maximum atomic E-state index is 13.1. The fourth-order valence-electron chi connectivity index (χ4n) is 2.82. The molecule has 0 bridgehead atoms. The van der Waals surface area contributed by atoms with Crippen LogP contribution in [0.15, 0.2) is 0 Å².